The summed E-state index contributed by atoms with van der Waals surface area (Å²) in [6.45, 7) is 7.85. The van der Waals surface area contributed by atoms with Crippen LogP contribution >= 0.6 is 0 Å². The average Bonchev–Trinajstić information content (AvgIpc) is 3.14. The van der Waals surface area contributed by atoms with Crippen LogP contribution in [-0.2, 0) is 13.9 Å². The number of methoxy groups -OCH3 is 1. The van der Waals surface area contributed by atoms with Crippen LogP contribution in [0.5, 0.6) is 5.75 Å². The number of ether oxygens (including phenoxy) is 3. The number of nitrogens with zero attached hydrogens (tertiary/aromatic N) is 1. The van der Waals surface area contributed by atoms with Crippen LogP contribution in [-0.4, -0.2) is 50.4 Å². The van der Waals surface area contributed by atoms with Gasteiger partial charge in [-0.3, -0.25) is 4.90 Å². The molecule has 2 aromatic carbocycles. The predicted molar refractivity (Wildman–Crippen MR) is 128 cm³/mol. The Kier molecular flexibility index (Phi) is 7.87. The van der Waals surface area contributed by atoms with Gasteiger partial charge in [-0.15, -0.1) is 0 Å². The Morgan fingerprint density at radius 3 is 2.08 bits per heavy atom. The summed E-state index contributed by atoms with van der Waals surface area (Å²) in [6.07, 6.45) is -7.82. The Hall–Kier alpha value is -2.89. The summed E-state index contributed by atoms with van der Waals surface area (Å²) >= 11 is 0. The maximum Gasteiger partial charge on any atom is 0.444 e. The zero-order valence-corrected chi connectivity index (χ0v) is 22.0. The number of rotatable bonds is 6. The van der Waals surface area contributed by atoms with Crippen LogP contribution in [0.2, 0.25) is 19.6 Å². The minimum atomic E-state index is -5.01. The summed E-state index contributed by atoms with van der Waals surface area (Å²) < 4.78 is 66.1. The van der Waals surface area contributed by atoms with Crippen molar-refractivity contribution in [3.8, 4) is 5.75 Å². The normalized spacial score (nSPS) is 22.6. The molecular formula is C25H30F3NO6Si. The molecule has 1 saturated heterocycles. The Morgan fingerprint density at radius 2 is 1.61 bits per heavy atom. The molecule has 36 heavy (non-hydrogen) atoms. The van der Waals surface area contributed by atoms with Crippen LogP contribution in [0.25, 0.3) is 0 Å². The first-order valence-electron chi connectivity index (χ1n) is 11.4. The molecule has 0 radical (unpaired) electrons. The van der Waals surface area contributed by atoms with Crippen molar-refractivity contribution in [3.63, 3.8) is 0 Å². The molecule has 7 nitrogen and oxygen atoms in total. The van der Waals surface area contributed by atoms with Crippen molar-refractivity contribution in [3.05, 3.63) is 65.7 Å². The van der Waals surface area contributed by atoms with Crippen molar-refractivity contribution in [1.29, 1.82) is 0 Å². The smallest absolute Gasteiger partial charge is 0.444 e. The second kappa shape index (κ2) is 10.2. The maximum atomic E-state index is 14.8. The largest absolute Gasteiger partial charge is 0.497 e. The molecule has 0 saturated carbocycles. The molecule has 0 spiro atoms. The van der Waals surface area contributed by atoms with Crippen LogP contribution in [0.3, 0.4) is 0 Å². The quantitative estimate of drug-likeness (QED) is 0.256. The second-order valence-electron chi connectivity index (χ2n) is 9.74. The van der Waals surface area contributed by atoms with Crippen molar-refractivity contribution in [1.82, 2.24) is 4.90 Å². The molecule has 0 N–H and O–H groups in total. The zero-order chi connectivity index (χ0) is 26.9. The molecule has 1 aliphatic heterocycles. The fourth-order valence-corrected chi connectivity index (χ4v) is 5.38. The number of alkyl halides is 3. The van der Waals surface area contributed by atoms with Gasteiger partial charge in [-0.1, -0.05) is 44.2 Å². The lowest BCUT2D eigenvalue weighted by Gasteiger charge is -2.42. The summed E-state index contributed by atoms with van der Waals surface area (Å²) in [5, 5.41) is 0. The molecule has 2 aromatic rings. The Labute approximate surface area is 209 Å². The standard InChI is InChI=1S/C25H30F3NO6Si/c1-16(2)20-24(25(26,27)28,35-36(4,5)6)34-21(17-12-14-19(32-3)15-13-17)29(20)23(31)33-22(30)18-10-8-7-9-11-18/h7-16,20-21H,1-6H3/t20-,21-,24-/m0/s1. The maximum absolute atomic E-state index is 14.8. The van der Waals surface area contributed by atoms with Gasteiger partial charge in [0.15, 0.2) is 14.5 Å². The van der Waals surface area contributed by atoms with Crippen LogP contribution in [0.4, 0.5) is 18.0 Å². The minimum Gasteiger partial charge on any atom is -0.497 e. The van der Waals surface area contributed by atoms with E-state index in [2.05, 4.69) is 0 Å². The first kappa shape index (κ1) is 27.7. The number of esters is 1. The predicted octanol–water partition coefficient (Wildman–Crippen LogP) is 6.14. The van der Waals surface area contributed by atoms with Gasteiger partial charge in [0.25, 0.3) is 5.79 Å². The van der Waals surface area contributed by atoms with Crippen molar-refractivity contribution in [2.24, 2.45) is 5.92 Å². The molecule has 1 heterocycles. The van der Waals surface area contributed by atoms with Crippen LogP contribution in [0, 0.1) is 5.92 Å². The van der Waals surface area contributed by atoms with Crippen LogP contribution in [0.1, 0.15) is 36.0 Å². The van der Waals surface area contributed by atoms with Crippen molar-refractivity contribution < 1.29 is 41.4 Å². The van der Waals surface area contributed by atoms with Crippen LogP contribution < -0.4 is 4.74 Å². The number of halogens is 3. The highest BCUT2D eigenvalue weighted by atomic mass is 28.4. The van der Waals surface area contributed by atoms with E-state index in [9.17, 15) is 22.8 Å². The van der Waals surface area contributed by atoms with Crippen molar-refractivity contribution >= 4 is 20.4 Å². The second-order valence-corrected chi connectivity index (χ2v) is 14.2. The van der Waals surface area contributed by atoms with Gasteiger partial charge in [0, 0.05) is 5.56 Å². The highest BCUT2D eigenvalue weighted by Gasteiger charge is 2.72. The monoisotopic (exact) mass is 525 g/mol. The molecule has 0 unspecified atom stereocenters. The molecule has 0 aliphatic carbocycles. The van der Waals surface area contributed by atoms with E-state index in [0.717, 1.165) is 4.90 Å². The van der Waals surface area contributed by atoms with Gasteiger partial charge in [-0.2, -0.15) is 13.2 Å². The Bertz CT molecular complexity index is 1070. The molecule has 3 rings (SSSR count). The van der Waals surface area contributed by atoms with Gasteiger partial charge < -0.3 is 18.6 Å². The number of hydrogen-bond acceptors (Lipinski definition) is 6. The van der Waals surface area contributed by atoms with Gasteiger partial charge in [0.05, 0.1) is 12.7 Å². The molecule has 196 valence electrons. The average molecular weight is 526 g/mol. The molecule has 1 aliphatic rings. The minimum absolute atomic E-state index is 0.0773. The first-order chi connectivity index (χ1) is 16.7. The van der Waals surface area contributed by atoms with Crippen molar-refractivity contribution in [2.75, 3.05) is 7.11 Å². The summed E-state index contributed by atoms with van der Waals surface area (Å²) in [5.41, 5.74) is 0.310. The molecule has 0 bridgehead atoms. The van der Waals surface area contributed by atoms with E-state index in [1.165, 1.54) is 57.4 Å². The molecule has 1 amide bonds. The number of carbonyl (C=O) groups is 2. The van der Waals surface area contributed by atoms with Gasteiger partial charge in [0.1, 0.15) is 11.8 Å². The lowest BCUT2D eigenvalue weighted by atomic mass is 9.94. The number of benzene rings is 2. The third-order valence-electron chi connectivity index (χ3n) is 5.51. The van der Waals surface area contributed by atoms with E-state index < -0.39 is 50.5 Å². The number of carbonyl (C=O) groups excluding carboxylic acids is 2. The van der Waals surface area contributed by atoms with Gasteiger partial charge in [-0.05, 0) is 49.8 Å². The Balaban J connectivity index is 2.14. The topological polar surface area (TPSA) is 74.3 Å². The summed E-state index contributed by atoms with van der Waals surface area (Å²) in [7, 11) is -1.45. The summed E-state index contributed by atoms with van der Waals surface area (Å²) in [4.78, 5) is 26.8. The van der Waals surface area contributed by atoms with Gasteiger partial charge >= 0.3 is 18.2 Å². The third kappa shape index (κ3) is 5.58. The van der Waals surface area contributed by atoms with E-state index >= 15 is 0 Å². The SMILES string of the molecule is COc1ccc([C@@H]2O[C@@](O[Si](C)(C)C)(C(F)(F)F)[C@H](C(C)C)N2C(=O)OC(=O)c2ccccc2)cc1. The highest BCUT2D eigenvalue weighted by molar-refractivity contribution is 6.69. The molecule has 0 aromatic heterocycles. The van der Waals surface area contributed by atoms with E-state index in [-0.39, 0.29) is 11.1 Å². The van der Waals surface area contributed by atoms with E-state index in [4.69, 9.17) is 18.6 Å². The van der Waals surface area contributed by atoms with E-state index in [0.29, 0.717) is 5.75 Å². The number of amides is 1. The van der Waals surface area contributed by atoms with Gasteiger partial charge in [0.2, 0.25) is 0 Å². The van der Waals surface area contributed by atoms with Gasteiger partial charge in [-0.25, -0.2) is 9.59 Å². The zero-order valence-electron chi connectivity index (χ0n) is 21.0. The van der Waals surface area contributed by atoms with Crippen molar-refractivity contribution in [2.45, 2.75) is 57.7 Å². The fourth-order valence-electron chi connectivity index (χ4n) is 4.18. The lowest BCUT2D eigenvalue weighted by molar-refractivity contribution is -0.355. The summed E-state index contributed by atoms with van der Waals surface area (Å²) in [5.74, 6) is -4.45. The van der Waals surface area contributed by atoms with Crippen LogP contribution in [0.15, 0.2) is 54.6 Å². The third-order valence-corrected chi connectivity index (χ3v) is 6.43. The fraction of sp³-hybridized carbons (Fsp3) is 0.440. The summed E-state index contributed by atoms with van der Waals surface area (Å²) in [6, 6.07) is 12.1. The van der Waals surface area contributed by atoms with E-state index in [1.54, 1.807) is 37.8 Å². The molecule has 3 atom stereocenters. The lowest BCUT2D eigenvalue weighted by Crippen LogP contribution is -2.63. The Morgan fingerprint density at radius 1 is 1.03 bits per heavy atom. The highest BCUT2D eigenvalue weighted by Crippen LogP contribution is 2.53. The number of hydrogen-bond donors (Lipinski definition) is 0. The molecule has 11 heteroatoms. The first-order valence-corrected chi connectivity index (χ1v) is 14.8. The molecule has 1 fully saturated rings. The molecular weight excluding hydrogens is 495 g/mol. The van der Waals surface area contributed by atoms with E-state index in [1.807, 2.05) is 0 Å².